The molecule has 0 aromatic rings. The highest BCUT2D eigenvalue weighted by Gasteiger charge is 2.24. The van der Waals surface area contributed by atoms with Crippen LogP contribution >= 0.6 is 0 Å². The number of nitrogens with zero attached hydrogens (tertiary/aromatic N) is 4. The molecule has 2 aliphatic rings. The Morgan fingerprint density at radius 2 is 1.91 bits per heavy atom. The fraction of sp³-hybridized carbons (Fsp3) is 0.933. The van der Waals surface area contributed by atoms with Gasteiger partial charge in [-0.15, -0.1) is 0 Å². The molecule has 6 nitrogen and oxygen atoms in total. The lowest BCUT2D eigenvalue weighted by Gasteiger charge is -2.38. The van der Waals surface area contributed by atoms with E-state index in [1.807, 2.05) is 0 Å². The van der Waals surface area contributed by atoms with Gasteiger partial charge in [0.25, 0.3) is 6.43 Å². The molecule has 0 aromatic carbocycles. The molecular formula is C15H29F2N5O. The number of halogens is 2. The van der Waals surface area contributed by atoms with E-state index < -0.39 is 6.43 Å². The van der Waals surface area contributed by atoms with Crippen LogP contribution in [0.5, 0.6) is 0 Å². The van der Waals surface area contributed by atoms with Crippen LogP contribution in [0, 0.1) is 0 Å². The van der Waals surface area contributed by atoms with Gasteiger partial charge in [-0.3, -0.25) is 9.80 Å². The van der Waals surface area contributed by atoms with Gasteiger partial charge in [0.15, 0.2) is 0 Å². The fourth-order valence-electron chi connectivity index (χ4n) is 3.19. The summed E-state index contributed by atoms with van der Waals surface area (Å²) in [5.74, 6) is 0. The van der Waals surface area contributed by atoms with Crippen LogP contribution in [-0.4, -0.2) is 111 Å². The maximum atomic E-state index is 12.5. The Morgan fingerprint density at radius 3 is 2.65 bits per heavy atom. The Morgan fingerprint density at radius 1 is 1.13 bits per heavy atom. The van der Waals surface area contributed by atoms with Crippen LogP contribution in [0.4, 0.5) is 13.6 Å². The van der Waals surface area contributed by atoms with Gasteiger partial charge in [-0.25, -0.2) is 13.6 Å². The molecule has 2 rings (SSSR count). The van der Waals surface area contributed by atoms with E-state index in [0.29, 0.717) is 38.8 Å². The minimum absolute atomic E-state index is 0.0782. The van der Waals surface area contributed by atoms with Crippen LogP contribution in [0.15, 0.2) is 0 Å². The van der Waals surface area contributed by atoms with Crippen molar-refractivity contribution in [1.29, 1.82) is 0 Å². The smallest absolute Gasteiger partial charge is 0.317 e. The maximum absolute atomic E-state index is 12.5. The number of carbonyl (C=O) groups is 1. The normalized spacial score (nSPS) is 25.6. The third-order valence-electron chi connectivity index (χ3n) is 4.74. The Labute approximate surface area is 137 Å². The minimum atomic E-state index is -2.31. The van der Waals surface area contributed by atoms with Gasteiger partial charge in [-0.2, -0.15) is 0 Å². The van der Waals surface area contributed by atoms with Crippen molar-refractivity contribution < 1.29 is 13.6 Å². The quantitative estimate of drug-likeness (QED) is 0.799. The Kier molecular flexibility index (Phi) is 6.98. The maximum Gasteiger partial charge on any atom is 0.317 e. The molecule has 2 fully saturated rings. The summed E-state index contributed by atoms with van der Waals surface area (Å²) in [6, 6.07) is 0.241. The molecular weight excluding hydrogens is 304 g/mol. The predicted molar refractivity (Wildman–Crippen MR) is 85.9 cm³/mol. The van der Waals surface area contributed by atoms with Crippen LogP contribution in [-0.2, 0) is 0 Å². The molecule has 1 unspecified atom stereocenters. The van der Waals surface area contributed by atoms with Gasteiger partial charge in [0.2, 0.25) is 0 Å². The zero-order valence-corrected chi connectivity index (χ0v) is 14.2. The van der Waals surface area contributed by atoms with Crippen LogP contribution in [0.3, 0.4) is 0 Å². The highest BCUT2D eigenvalue weighted by molar-refractivity contribution is 5.74. The largest absolute Gasteiger partial charge is 0.336 e. The summed E-state index contributed by atoms with van der Waals surface area (Å²) in [7, 11) is 4.17. The van der Waals surface area contributed by atoms with Crippen molar-refractivity contribution in [1.82, 2.24) is 24.9 Å². The van der Waals surface area contributed by atoms with Gasteiger partial charge in [-0.05, 0) is 20.5 Å². The second-order valence-corrected chi connectivity index (χ2v) is 6.62. The standard InChI is InChI=1S/C15H29F2N5O/c1-19-6-7-20(2)13(11-19)10-18-15(23)22-5-3-4-21(8-9-22)12-14(16)17/h13-14H,3-12H2,1-2H3,(H,18,23). The van der Waals surface area contributed by atoms with Crippen molar-refractivity contribution in [2.24, 2.45) is 0 Å². The molecule has 0 saturated carbocycles. The average Bonchev–Trinajstić information content (AvgIpc) is 2.73. The van der Waals surface area contributed by atoms with E-state index in [2.05, 4.69) is 29.2 Å². The lowest BCUT2D eigenvalue weighted by Crippen LogP contribution is -2.55. The fourth-order valence-corrected chi connectivity index (χ4v) is 3.19. The summed E-state index contributed by atoms with van der Waals surface area (Å²) in [6.45, 7) is 5.71. The highest BCUT2D eigenvalue weighted by Crippen LogP contribution is 2.07. The topological polar surface area (TPSA) is 42.1 Å². The minimum Gasteiger partial charge on any atom is -0.336 e. The molecule has 2 aliphatic heterocycles. The molecule has 23 heavy (non-hydrogen) atoms. The van der Waals surface area contributed by atoms with Crippen LogP contribution < -0.4 is 5.32 Å². The summed E-state index contributed by atoms with van der Waals surface area (Å²) in [6.07, 6.45) is -1.57. The molecule has 134 valence electrons. The molecule has 0 bridgehead atoms. The monoisotopic (exact) mass is 333 g/mol. The van der Waals surface area contributed by atoms with Gasteiger partial charge in [-0.1, -0.05) is 0 Å². The molecule has 0 spiro atoms. The number of rotatable bonds is 4. The Balaban J connectivity index is 1.75. The van der Waals surface area contributed by atoms with E-state index in [1.54, 1.807) is 9.80 Å². The van der Waals surface area contributed by atoms with Gasteiger partial charge in [0.05, 0.1) is 6.54 Å². The van der Waals surface area contributed by atoms with E-state index in [-0.39, 0.29) is 12.6 Å². The first-order valence-corrected chi connectivity index (χ1v) is 8.37. The Hall–Kier alpha value is -0.990. The number of hydrogen-bond acceptors (Lipinski definition) is 4. The lowest BCUT2D eigenvalue weighted by atomic mass is 10.2. The molecule has 0 aromatic heterocycles. The van der Waals surface area contributed by atoms with Crippen molar-refractivity contribution >= 4 is 6.03 Å². The molecule has 1 atom stereocenters. The lowest BCUT2D eigenvalue weighted by molar-refractivity contribution is 0.0902. The molecule has 0 radical (unpaired) electrons. The molecule has 2 heterocycles. The van der Waals surface area contributed by atoms with E-state index in [9.17, 15) is 13.6 Å². The third-order valence-corrected chi connectivity index (χ3v) is 4.74. The SMILES string of the molecule is CN1CCN(C)C(CNC(=O)N2CCCN(CC(F)F)CC2)C1. The number of hydrogen-bond donors (Lipinski definition) is 1. The number of likely N-dealkylation sites (N-methyl/N-ethyl adjacent to an activating group) is 2. The van der Waals surface area contributed by atoms with Gasteiger partial charge >= 0.3 is 6.03 Å². The number of urea groups is 1. The van der Waals surface area contributed by atoms with Gasteiger partial charge in [0, 0.05) is 58.4 Å². The first-order valence-electron chi connectivity index (χ1n) is 8.37. The number of alkyl halides is 2. The zero-order valence-electron chi connectivity index (χ0n) is 14.2. The number of carbonyl (C=O) groups excluding carboxylic acids is 1. The zero-order chi connectivity index (χ0) is 16.8. The number of piperazine rings is 1. The van der Waals surface area contributed by atoms with Crippen molar-refractivity contribution in [2.75, 3.05) is 73.0 Å². The van der Waals surface area contributed by atoms with Crippen molar-refractivity contribution in [3.63, 3.8) is 0 Å². The van der Waals surface area contributed by atoms with Gasteiger partial charge in [0.1, 0.15) is 0 Å². The average molecular weight is 333 g/mol. The van der Waals surface area contributed by atoms with Crippen LogP contribution in [0.25, 0.3) is 0 Å². The predicted octanol–water partition coefficient (Wildman–Crippen LogP) is 0.215. The summed E-state index contributed by atoms with van der Waals surface area (Å²) in [5, 5.41) is 3.01. The summed E-state index contributed by atoms with van der Waals surface area (Å²) in [4.78, 5) is 20.4. The number of nitrogens with one attached hydrogen (secondary N) is 1. The van der Waals surface area contributed by atoms with E-state index in [4.69, 9.17) is 0 Å². The van der Waals surface area contributed by atoms with E-state index in [0.717, 1.165) is 26.1 Å². The molecule has 8 heteroatoms. The van der Waals surface area contributed by atoms with E-state index in [1.165, 1.54) is 0 Å². The second-order valence-electron chi connectivity index (χ2n) is 6.62. The highest BCUT2D eigenvalue weighted by atomic mass is 19.3. The van der Waals surface area contributed by atoms with Crippen molar-refractivity contribution in [3.8, 4) is 0 Å². The molecule has 1 N–H and O–H groups in total. The molecule has 0 aliphatic carbocycles. The van der Waals surface area contributed by atoms with Crippen LogP contribution in [0.1, 0.15) is 6.42 Å². The van der Waals surface area contributed by atoms with E-state index >= 15 is 0 Å². The summed E-state index contributed by atoms with van der Waals surface area (Å²) in [5.41, 5.74) is 0. The third kappa shape index (κ3) is 5.86. The number of amides is 2. The first kappa shape index (κ1) is 18.4. The van der Waals surface area contributed by atoms with Crippen molar-refractivity contribution in [2.45, 2.75) is 18.9 Å². The first-order chi connectivity index (χ1) is 11.0. The summed E-state index contributed by atoms with van der Waals surface area (Å²) < 4.78 is 24.9. The van der Waals surface area contributed by atoms with Crippen LogP contribution in [0.2, 0.25) is 0 Å². The Bertz CT molecular complexity index is 385. The molecule has 2 amide bonds. The second kappa shape index (κ2) is 8.75. The molecule has 2 saturated heterocycles. The van der Waals surface area contributed by atoms with Gasteiger partial charge < -0.3 is 15.1 Å². The summed E-state index contributed by atoms with van der Waals surface area (Å²) >= 11 is 0. The van der Waals surface area contributed by atoms with Crippen molar-refractivity contribution in [3.05, 3.63) is 0 Å².